The van der Waals surface area contributed by atoms with E-state index in [1.165, 1.54) is 18.5 Å². The second-order valence-electron chi connectivity index (χ2n) is 8.33. The topological polar surface area (TPSA) is 108 Å². The number of hydrogen-bond acceptors (Lipinski definition) is 9. The van der Waals surface area contributed by atoms with Crippen LogP contribution in [0.2, 0.25) is 0 Å². The van der Waals surface area contributed by atoms with Gasteiger partial charge in [0.05, 0.1) is 37.5 Å². The van der Waals surface area contributed by atoms with Gasteiger partial charge in [-0.1, -0.05) is 12.1 Å². The van der Waals surface area contributed by atoms with Gasteiger partial charge in [0.15, 0.2) is 11.5 Å². The molecule has 1 aliphatic rings. The van der Waals surface area contributed by atoms with Crippen LogP contribution in [0.25, 0.3) is 10.9 Å². The molecule has 0 radical (unpaired) electrons. The van der Waals surface area contributed by atoms with Crippen LogP contribution >= 0.6 is 0 Å². The Morgan fingerprint density at radius 3 is 2.42 bits per heavy atom. The zero-order chi connectivity index (χ0) is 26.2. The van der Waals surface area contributed by atoms with E-state index in [1.54, 1.807) is 36.4 Å². The van der Waals surface area contributed by atoms with Crippen molar-refractivity contribution in [2.45, 2.75) is 6.61 Å². The number of anilines is 2. The molecule has 0 bridgehead atoms. The highest BCUT2D eigenvalue weighted by Crippen LogP contribution is 2.35. The molecule has 3 aromatic carbocycles. The largest absolute Gasteiger partial charge is 0.488 e. The molecule has 0 spiro atoms. The second kappa shape index (κ2) is 12.2. The number of hydrogen-bond donors (Lipinski definition) is 1. The van der Waals surface area contributed by atoms with Gasteiger partial charge in [-0.25, -0.2) is 14.4 Å². The van der Waals surface area contributed by atoms with Crippen molar-refractivity contribution in [1.29, 1.82) is 5.26 Å². The Hall–Kier alpha value is -4.46. The average molecular weight is 517 g/mol. The van der Waals surface area contributed by atoms with Crippen LogP contribution in [-0.2, 0) is 16.1 Å². The van der Waals surface area contributed by atoms with Crippen LogP contribution in [0.5, 0.6) is 17.2 Å². The van der Waals surface area contributed by atoms with Crippen LogP contribution in [0.1, 0.15) is 11.1 Å². The SMILES string of the molecule is N#Cc1cc(Nc2ncnc3cc4c(cc23)OCCOCCOCCO4)ccc1OCc1cccc(F)c1. The van der Waals surface area contributed by atoms with Crippen LogP contribution in [0.3, 0.4) is 0 Å². The monoisotopic (exact) mass is 516 g/mol. The number of aromatic nitrogens is 2. The number of nitriles is 1. The smallest absolute Gasteiger partial charge is 0.163 e. The zero-order valence-corrected chi connectivity index (χ0v) is 20.5. The van der Waals surface area contributed by atoms with Gasteiger partial charge in [0.25, 0.3) is 0 Å². The van der Waals surface area contributed by atoms with Crippen molar-refractivity contribution in [3.8, 4) is 23.3 Å². The maximum absolute atomic E-state index is 13.5. The van der Waals surface area contributed by atoms with Gasteiger partial charge in [0, 0.05) is 17.1 Å². The summed E-state index contributed by atoms with van der Waals surface area (Å²) >= 11 is 0. The number of nitrogens with zero attached hydrogens (tertiary/aromatic N) is 3. The molecule has 1 N–H and O–H groups in total. The number of nitrogens with one attached hydrogen (secondary N) is 1. The Bertz CT molecular complexity index is 1460. The summed E-state index contributed by atoms with van der Waals surface area (Å²) in [4.78, 5) is 8.79. The molecule has 0 amide bonds. The van der Waals surface area contributed by atoms with E-state index in [2.05, 4.69) is 21.4 Å². The molecule has 0 fully saturated rings. The van der Waals surface area contributed by atoms with Crippen molar-refractivity contribution in [2.24, 2.45) is 0 Å². The molecular formula is C28H25FN4O5. The minimum absolute atomic E-state index is 0.139. The van der Waals surface area contributed by atoms with Crippen molar-refractivity contribution >= 4 is 22.4 Å². The first-order chi connectivity index (χ1) is 18.7. The van der Waals surface area contributed by atoms with Gasteiger partial charge in [-0.2, -0.15) is 5.26 Å². The molecule has 9 nitrogen and oxygen atoms in total. The van der Waals surface area contributed by atoms with Crippen LogP contribution in [0.15, 0.2) is 60.9 Å². The number of fused-ring (bicyclic) bond motifs is 2. The standard InChI is InChI=1S/C28H25FN4O5/c29-21-3-1-2-19(12-21)17-38-25-5-4-22(13-20(25)16-30)33-28-23-14-26-27(15-24(23)31-18-32-28)37-11-9-35-7-6-34-8-10-36-26/h1-5,12-15,18H,6-11,17H2,(H,31,32,33). The maximum Gasteiger partial charge on any atom is 0.163 e. The first kappa shape index (κ1) is 25.2. The van der Waals surface area contributed by atoms with E-state index in [0.717, 1.165) is 0 Å². The number of rotatable bonds is 5. The number of halogens is 1. The van der Waals surface area contributed by atoms with Crippen molar-refractivity contribution in [2.75, 3.05) is 45.0 Å². The lowest BCUT2D eigenvalue weighted by molar-refractivity contribution is 0.0224. The molecule has 0 saturated heterocycles. The molecule has 5 rings (SSSR count). The predicted octanol–water partition coefficient (Wildman–Crippen LogP) is 4.77. The average Bonchev–Trinajstić information content (AvgIpc) is 2.92. The first-order valence-electron chi connectivity index (χ1n) is 12.1. The lowest BCUT2D eigenvalue weighted by atomic mass is 10.1. The van der Waals surface area contributed by atoms with Crippen molar-refractivity contribution in [1.82, 2.24) is 9.97 Å². The van der Waals surface area contributed by atoms with Crippen molar-refractivity contribution in [3.63, 3.8) is 0 Å². The van der Waals surface area contributed by atoms with Crippen LogP contribution in [-0.4, -0.2) is 49.6 Å². The molecule has 194 valence electrons. The molecule has 0 aliphatic carbocycles. The minimum Gasteiger partial charge on any atom is -0.488 e. The highest BCUT2D eigenvalue weighted by atomic mass is 19.1. The Labute approximate surface area is 218 Å². The van der Waals surface area contributed by atoms with Gasteiger partial charge < -0.3 is 29.0 Å². The summed E-state index contributed by atoms with van der Waals surface area (Å²) in [7, 11) is 0. The molecule has 0 unspecified atom stereocenters. The maximum atomic E-state index is 13.5. The summed E-state index contributed by atoms with van der Waals surface area (Å²) in [6.45, 7) is 2.70. The fraction of sp³-hybridized carbons (Fsp3) is 0.250. The zero-order valence-electron chi connectivity index (χ0n) is 20.5. The van der Waals surface area contributed by atoms with E-state index in [4.69, 9.17) is 23.7 Å². The lowest BCUT2D eigenvalue weighted by Gasteiger charge is -2.17. The molecule has 4 aromatic rings. The van der Waals surface area contributed by atoms with E-state index >= 15 is 0 Å². The molecular weight excluding hydrogens is 491 g/mol. The number of benzene rings is 3. The third kappa shape index (κ3) is 6.26. The normalized spacial score (nSPS) is 14.1. The molecule has 1 aliphatic heterocycles. The Kier molecular flexibility index (Phi) is 8.08. The molecule has 38 heavy (non-hydrogen) atoms. The van der Waals surface area contributed by atoms with Gasteiger partial charge in [-0.15, -0.1) is 0 Å². The first-order valence-corrected chi connectivity index (χ1v) is 12.1. The molecule has 0 atom stereocenters. The van der Waals surface area contributed by atoms with Gasteiger partial charge in [-0.05, 0) is 42.0 Å². The molecule has 2 heterocycles. The number of ether oxygens (including phenoxy) is 5. The lowest BCUT2D eigenvalue weighted by Crippen LogP contribution is -2.15. The third-order valence-electron chi connectivity index (χ3n) is 5.69. The van der Waals surface area contributed by atoms with Gasteiger partial charge in [0.1, 0.15) is 49.6 Å². The summed E-state index contributed by atoms with van der Waals surface area (Å²) in [6, 6.07) is 17.0. The Morgan fingerprint density at radius 2 is 1.66 bits per heavy atom. The summed E-state index contributed by atoms with van der Waals surface area (Å²) in [5.74, 6) is 1.68. The van der Waals surface area contributed by atoms with E-state index < -0.39 is 0 Å². The Balaban J connectivity index is 1.37. The van der Waals surface area contributed by atoms with Gasteiger partial charge in [0.2, 0.25) is 0 Å². The van der Waals surface area contributed by atoms with E-state index in [-0.39, 0.29) is 12.4 Å². The third-order valence-corrected chi connectivity index (χ3v) is 5.69. The highest BCUT2D eigenvalue weighted by molar-refractivity contribution is 5.93. The fourth-order valence-corrected chi connectivity index (χ4v) is 3.88. The van der Waals surface area contributed by atoms with Gasteiger partial charge >= 0.3 is 0 Å². The molecule has 10 heteroatoms. The molecule has 0 saturated carbocycles. The molecule has 1 aromatic heterocycles. The van der Waals surface area contributed by atoms with Crippen molar-refractivity contribution < 1.29 is 28.1 Å². The van der Waals surface area contributed by atoms with Crippen molar-refractivity contribution in [3.05, 3.63) is 77.9 Å². The summed E-state index contributed by atoms with van der Waals surface area (Å²) in [6.07, 6.45) is 1.45. The quantitative estimate of drug-likeness (QED) is 0.401. The summed E-state index contributed by atoms with van der Waals surface area (Å²) < 4.78 is 42.1. The fourth-order valence-electron chi connectivity index (χ4n) is 3.88. The van der Waals surface area contributed by atoms with Crippen LogP contribution in [0.4, 0.5) is 15.9 Å². The second-order valence-corrected chi connectivity index (χ2v) is 8.33. The van der Waals surface area contributed by atoms with Crippen LogP contribution in [0, 0.1) is 17.1 Å². The minimum atomic E-state index is -0.341. The highest BCUT2D eigenvalue weighted by Gasteiger charge is 2.14. The summed E-state index contributed by atoms with van der Waals surface area (Å²) in [5.41, 5.74) is 2.29. The van der Waals surface area contributed by atoms with Crippen LogP contribution < -0.4 is 19.5 Å². The van der Waals surface area contributed by atoms with E-state index in [1.807, 2.05) is 6.07 Å². The van der Waals surface area contributed by atoms with E-state index in [9.17, 15) is 9.65 Å². The van der Waals surface area contributed by atoms with E-state index in [0.29, 0.717) is 90.4 Å². The van der Waals surface area contributed by atoms with Gasteiger partial charge in [-0.3, -0.25) is 0 Å². The summed E-state index contributed by atoms with van der Waals surface area (Å²) in [5, 5.41) is 13.7. The Morgan fingerprint density at radius 1 is 0.895 bits per heavy atom. The predicted molar refractivity (Wildman–Crippen MR) is 137 cm³/mol.